The number of carbonyl (C=O) groups is 1. The van der Waals surface area contributed by atoms with Crippen LogP contribution in [0.15, 0.2) is 59.0 Å². The number of amides is 1. The Kier molecular flexibility index (Phi) is 6.05. The predicted molar refractivity (Wildman–Crippen MR) is 106 cm³/mol. The molecule has 0 heterocycles. The molecule has 8 heteroatoms. The second-order valence-electron chi connectivity index (χ2n) is 6.42. The van der Waals surface area contributed by atoms with Crippen LogP contribution in [0.2, 0.25) is 5.02 Å². The van der Waals surface area contributed by atoms with Crippen molar-refractivity contribution in [1.82, 2.24) is 0 Å². The number of nitrogens with one attached hydrogen (secondary N) is 1. The van der Waals surface area contributed by atoms with Crippen LogP contribution in [0, 0.1) is 5.82 Å². The van der Waals surface area contributed by atoms with Crippen molar-refractivity contribution in [2.45, 2.75) is 29.4 Å². The van der Waals surface area contributed by atoms with Gasteiger partial charge in [0.1, 0.15) is 16.5 Å². The van der Waals surface area contributed by atoms with E-state index in [1.807, 2.05) is 0 Å². The molecule has 0 aromatic heterocycles. The second-order valence-corrected chi connectivity index (χ2v) is 9.00. The molecule has 0 saturated heterocycles. The third-order valence-electron chi connectivity index (χ3n) is 4.55. The smallest absolute Gasteiger partial charge is 0.251 e. The zero-order valence-electron chi connectivity index (χ0n) is 15.1. The number of sulfone groups is 1. The first kappa shape index (κ1) is 20.4. The Bertz CT molecular complexity index is 1020. The maximum atomic E-state index is 13.1. The summed E-state index contributed by atoms with van der Waals surface area (Å²) in [6, 6.07) is 9.79. The maximum absolute atomic E-state index is 13.1. The summed E-state index contributed by atoms with van der Waals surface area (Å²) >= 11 is 5.97. The predicted octanol–water partition coefficient (Wildman–Crippen LogP) is 4.38. The zero-order valence-corrected chi connectivity index (χ0v) is 16.7. The third-order valence-corrected chi connectivity index (χ3v) is 6.88. The summed E-state index contributed by atoms with van der Waals surface area (Å²) < 4.78 is 44.4. The summed E-state index contributed by atoms with van der Waals surface area (Å²) in [6.45, 7) is 0. The lowest BCUT2D eigenvalue weighted by atomic mass is 9.98. The van der Waals surface area contributed by atoms with Crippen LogP contribution in [0.25, 0.3) is 0 Å². The van der Waals surface area contributed by atoms with Crippen LogP contribution in [0.1, 0.15) is 19.3 Å². The Morgan fingerprint density at radius 3 is 2.61 bits per heavy atom. The van der Waals surface area contributed by atoms with E-state index < -0.39 is 26.8 Å². The first-order valence-corrected chi connectivity index (χ1v) is 10.6. The topological polar surface area (TPSA) is 72.5 Å². The number of hydrogen-bond acceptors (Lipinski definition) is 4. The highest BCUT2D eigenvalue weighted by Gasteiger charge is 2.32. The van der Waals surface area contributed by atoms with Gasteiger partial charge in [0.25, 0.3) is 5.91 Å². The normalized spacial score (nSPS) is 17.0. The van der Waals surface area contributed by atoms with Gasteiger partial charge in [0.15, 0.2) is 9.84 Å². The van der Waals surface area contributed by atoms with Gasteiger partial charge >= 0.3 is 0 Å². The average molecular weight is 424 g/mol. The van der Waals surface area contributed by atoms with Crippen LogP contribution in [-0.4, -0.2) is 26.7 Å². The summed E-state index contributed by atoms with van der Waals surface area (Å²) in [5, 5.41) is 2.09. The van der Waals surface area contributed by atoms with E-state index in [-0.39, 0.29) is 15.7 Å². The van der Waals surface area contributed by atoms with E-state index in [1.165, 1.54) is 49.6 Å². The minimum Gasteiger partial charge on any atom is -0.495 e. The molecular formula is C20H19ClFNO4S. The Hall–Kier alpha value is -2.38. The van der Waals surface area contributed by atoms with Crippen LogP contribution >= 0.6 is 11.6 Å². The molecule has 1 N–H and O–H groups in total. The Morgan fingerprint density at radius 2 is 1.93 bits per heavy atom. The van der Waals surface area contributed by atoms with Crippen molar-refractivity contribution in [1.29, 1.82) is 0 Å². The Balaban J connectivity index is 1.87. The standard InChI is InChI=1S/C20H19ClFNO4S/c1-27-18-10-5-14(21)12-19(18)28(25,26)17-4-2-3-13(11-17)20(24)23-16-8-6-15(22)7-9-16/h5-12,17H,2-4H2,1H3,(H,23,24). The molecule has 148 valence electrons. The number of hydrogen-bond donors (Lipinski definition) is 1. The molecule has 28 heavy (non-hydrogen) atoms. The van der Waals surface area contributed by atoms with Gasteiger partial charge in [-0.05, 0) is 61.7 Å². The van der Waals surface area contributed by atoms with Gasteiger partial charge in [0.05, 0.1) is 12.4 Å². The van der Waals surface area contributed by atoms with Crippen molar-refractivity contribution < 1.29 is 22.3 Å². The molecule has 0 saturated carbocycles. The van der Waals surface area contributed by atoms with Crippen LogP contribution < -0.4 is 10.1 Å². The lowest BCUT2D eigenvalue weighted by Crippen LogP contribution is -2.26. The molecule has 0 radical (unpaired) electrons. The first-order valence-electron chi connectivity index (χ1n) is 8.66. The second kappa shape index (κ2) is 8.32. The van der Waals surface area contributed by atoms with Gasteiger partial charge in [-0.3, -0.25) is 4.79 Å². The first-order chi connectivity index (χ1) is 13.3. The van der Waals surface area contributed by atoms with Gasteiger partial charge in [-0.2, -0.15) is 0 Å². The number of rotatable bonds is 5. The molecule has 0 spiro atoms. The maximum Gasteiger partial charge on any atom is 0.251 e. The number of halogens is 2. The largest absolute Gasteiger partial charge is 0.495 e. The minimum absolute atomic E-state index is 0.00365. The van der Waals surface area contributed by atoms with Crippen molar-refractivity contribution in [3.05, 3.63) is 65.0 Å². The summed E-state index contributed by atoms with van der Waals surface area (Å²) in [5.41, 5.74) is 0.818. The van der Waals surface area contributed by atoms with Gasteiger partial charge in [-0.25, -0.2) is 12.8 Å². The molecule has 1 unspecified atom stereocenters. The van der Waals surface area contributed by atoms with Crippen molar-refractivity contribution >= 4 is 33.0 Å². The fourth-order valence-electron chi connectivity index (χ4n) is 3.10. The van der Waals surface area contributed by atoms with Gasteiger partial charge < -0.3 is 10.1 Å². The van der Waals surface area contributed by atoms with Gasteiger partial charge in [-0.1, -0.05) is 17.7 Å². The summed E-state index contributed by atoms with van der Waals surface area (Å²) in [5.74, 6) is -0.596. The van der Waals surface area contributed by atoms with Crippen LogP contribution in [0.3, 0.4) is 0 Å². The van der Waals surface area contributed by atoms with E-state index in [1.54, 1.807) is 6.07 Å². The molecule has 1 atom stereocenters. The molecule has 0 aliphatic heterocycles. The van der Waals surface area contributed by atoms with Gasteiger partial charge in [-0.15, -0.1) is 0 Å². The van der Waals surface area contributed by atoms with E-state index in [4.69, 9.17) is 16.3 Å². The highest BCUT2D eigenvalue weighted by atomic mass is 35.5. The molecule has 1 amide bonds. The van der Waals surface area contributed by atoms with Crippen molar-refractivity contribution in [3.63, 3.8) is 0 Å². The highest BCUT2D eigenvalue weighted by molar-refractivity contribution is 7.92. The van der Waals surface area contributed by atoms with E-state index >= 15 is 0 Å². The quantitative estimate of drug-likeness (QED) is 0.774. The van der Waals surface area contributed by atoms with Gasteiger partial charge in [0, 0.05) is 16.3 Å². The summed E-state index contributed by atoms with van der Waals surface area (Å²) in [4.78, 5) is 12.5. The summed E-state index contributed by atoms with van der Waals surface area (Å²) in [6.07, 6.45) is 2.89. The van der Waals surface area contributed by atoms with Crippen molar-refractivity contribution in [2.75, 3.05) is 12.4 Å². The molecule has 0 fully saturated rings. The lowest BCUT2D eigenvalue weighted by molar-refractivity contribution is -0.113. The third kappa shape index (κ3) is 4.36. The molecule has 1 aliphatic carbocycles. The van der Waals surface area contributed by atoms with Crippen LogP contribution in [0.4, 0.5) is 10.1 Å². The molecular weight excluding hydrogens is 405 g/mol. The summed E-state index contributed by atoms with van der Waals surface area (Å²) in [7, 11) is -2.40. The number of methoxy groups -OCH3 is 1. The van der Waals surface area contributed by atoms with Crippen LogP contribution in [-0.2, 0) is 14.6 Å². The van der Waals surface area contributed by atoms with Crippen molar-refractivity contribution in [2.24, 2.45) is 0 Å². The van der Waals surface area contributed by atoms with E-state index in [2.05, 4.69) is 5.32 Å². The van der Waals surface area contributed by atoms with Crippen molar-refractivity contribution in [3.8, 4) is 5.75 Å². The molecule has 1 aliphatic rings. The van der Waals surface area contributed by atoms with E-state index in [9.17, 15) is 17.6 Å². The van der Waals surface area contributed by atoms with E-state index in [0.717, 1.165) is 0 Å². The SMILES string of the molecule is COc1ccc(Cl)cc1S(=O)(=O)C1C=C(C(=O)Nc2ccc(F)cc2)CCC1. The molecule has 5 nitrogen and oxygen atoms in total. The Labute approximate surface area is 168 Å². The molecule has 2 aromatic rings. The number of ether oxygens (including phenoxy) is 1. The zero-order chi connectivity index (χ0) is 20.3. The van der Waals surface area contributed by atoms with Gasteiger partial charge in [0.2, 0.25) is 0 Å². The fourth-order valence-corrected chi connectivity index (χ4v) is 5.21. The number of carbonyl (C=O) groups excluding carboxylic acids is 1. The number of anilines is 1. The average Bonchev–Trinajstić information content (AvgIpc) is 2.69. The minimum atomic E-state index is -3.79. The molecule has 3 rings (SSSR count). The monoisotopic (exact) mass is 423 g/mol. The fraction of sp³-hybridized carbons (Fsp3) is 0.250. The molecule has 2 aromatic carbocycles. The Morgan fingerprint density at radius 1 is 1.21 bits per heavy atom. The lowest BCUT2D eigenvalue weighted by Gasteiger charge is -2.22. The van der Waals surface area contributed by atoms with Crippen LogP contribution in [0.5, 0.6) is 5.75 Å². The number of benzene rings is 2. The van der Waals surface area contributed by atoms with E-state index in [0.29, 0.717) is 30.5 Å². The highest BCUT2D eigenvalue weighted by Crippen LogP contribution is 2.34. The molecule has 0 bridgehead atoms.